The van der Waals surface area contributed by atoms with Crippen LogP contribution < -0.4 is 10.6 Å². The Morgan fingerprint density at radius 1 is 1.24 bits per heavy atom. The van der Waals surface area contributed by atoms with Gasteiger partial charge in [-0.25, -0.2) is 4.79 Å². The smallest absolute Gasteiger partial charge is 0.315 e. The number of hydrogen-bond donors (Lipinski definition) is 3. The van der Waals surface area contributed by atoms with Crippen LogP contribution in [0.1, 0.15) is 58.3 Å². The van der Waals surface area contributed by atoms with Gasteiger partial charge in [0.25, 0.3) is 0 Å². The second-order valence-corrected chi connectivity index (χ2v) is 6.70. The fourth-order valence-electron chi connectivity index (χ4n) is 3.40. The monoisotopic (exact) mass is 298 g/mol. The third-order valence-electron chi connectivity index (χ3n) is 4.94. The highest BCUT2D eigenvalue weighted by atomic mass is 16.5. The van der Waals surface area contributed by atoms with Crippen molar-refractivity contribution in [2.24, 2.45) is 5.92 Å². The topological polar surface area (TPSA) is 70.6 Å². The van der Waals surface area contributed by atoms with E-state index < -0.39 is 5.60 Å². The van der Waals surface area contributed by atoms with Crippen molar-refractivity contribution in [1.82, 2.24) is 10.6 Å². The lowest BCUT2D eigenvalue weighted by atomic mass is 9.93. The molecule has 2 aliphatic rings. The summed E-state index contributed by atoms with van der Waals surface area (Å²) in [7, 11) is 0. The predicted molar refractivity (Wildman–Crippen MR) is 82.2 cm³/mol. The highest BCUT2D eigenvalue weighted by molar-refractivity contribution is 5.74. The first kappa shape index (κ1) is 16.6. The maximum absolute atomic E-state index is 12.0. The first-order valence-corrected chi connectivity index (χ1v) is 8.44. The molecule has 122 valence electrons. The fourth-order valence-corrected chi connectivity index (χ4v) is 3.40. The van der Waals surface area contributed by atoms with Crippen LogP contribution in [0.5, 0.6) is 0 Å². The van der Waals surface area contributed by atoms with Gasteiger partial charge in [-0.1, -0.05) is 25.7 Å². The molecule has 1 unspecified atom stereocenters. The summed E-state index contributed by atoms with van der Waals surface area (Å²) < 4.78 is 5.35. The highest BCUT2D eigenvalue weighted by Gasteiger charge is 2.29. The molecule has 0 radical (unpaired) electrons. The van der Waals surface area contributed by atoms with Crippen LogP contribution in [0.3, 0.4) is 0 Å². The van der Waals surface area contributed by atoms with Gasteiger partial charge < -0.3 is 20.5 Å². The van der Waals surface area contributed by atoms with Crippen LogP contribution in [-0.4, -0.2) is 42.5 Å². The zero-order valence-corrected chi connectivity index (χ0v) is 13.2. The molecular weight excluding hydrogens is 268 g/mol. The number of aliphatic hydroxyl groups is 1. The van der Waals surface area contributed by atoms with Crippen LogP contribution in [0, 0.1) is 5.92 Å². The zero-order valence-electron chi connectivity index (χ0n) is 13.2. The summed E-state index contributed by atoms with van der Waals surface area (Å²) in [4.78, 5) is 12.0. The van der Waals surface area contributed by atoms with E-state index in [0.29, 0.717) is 12.5 Å². The van der Waals surface area contributed by atoms with Gasteiger partial charge in [0.15, 0.2) is 0 Å². The molecule has 2 fully saturated rings. The number of amides is 2. The molecule has 2 rings (SSSR count). The van der Waals surface area contributed by atoms with Gasteiger partial charge in [-0.15, -0.1) is 0 Å². The summed E-state index contributed by atoms with van der Waals surface area (Å²) >= 11 is 0. The first-order valence-electron chi connectivity index (χ1n) is 8.44. The molecular formula is C16H30N2O3. The van der Waals surface area contributed by atoms with Crippen molar-refractivity contribution in [3.63, 3.8) is 0 Å². The second-order valence-electron chi connectivity index (χ2n) is 6.70. The largest absolute Gasteiger partial charge is 0.388 e. The minimum absolute atomic E-state index is 0.151. The van der Waals surface area contributed by atoms with Crippen molar-refractivity contribution in [3.05, 3.63) is 0 Å². The molecule has 5 nitrogen and oxygen atoms in total. The molecule has 3 N–H and O–H groups in total. The third kappa shape index (κ3) is 5.47. The van der Waals surface area contributed by atoms with Crippen molar-refractivity contribution in [3.8, 4) is 0 Å². The van der Waals surface area contributed by atoms with E-state index in [1.165, 1.54) is 12.8 Å². The van der Waals surface area contributed by atoms with E-state index in [9.17, 15) is 9.90 Å². The van der Waals surface area contributed by atoms with Gasteiger partial charge in [-0.2, -0.15) is 0 Å². The summed E-state index contributed by atoms with van der Waals surface area (Å²) in [5, 5.41) is 16.4. The van der Waals surface area contributed by atoms with E-state index in [1.54, 1.807) is 0 Å². The Balaban J connectivity index is 1.70. The van der Waals surface area contributed by atoms with Gasteiger partial charge in [-0.05, 0) is 38.5 Å². The number of nitrogens with one attached hydrogen (secondary N) is 2. The van der Waals surface area contributed by atoms with Gasteiger partial charge in [0.05, 0.1) is 5.60 Å². The number of rotatable bonds is 4. The zero-order chi connectivity index (χ0) is 15.1. The molecule has 1 saturated heterocycles. The van der Waals surface area contributed by atoms with Crippen LogP contribution >= 0.6 is 0 Å². The maximum atomic E-state index is 12.0. The van der Waals surface area contributed by atoms with E-state index >= 15 is 0 Å². The summed E-state index contributed by atoms with van der Waals surface area (Å²) in [6.45, 7) is 3.99. The molecule has 1 atom stereocenters. The summed E-state index contributed by atoms with van der Waals surface area (Å²) in [5.41, 5.74) is -0.713. The number of carbonyl (C=O) groups is 1. The number of urea groups is 1. The Kier molecular flexibility index (Phi) is 6.30. The first-order chi connectivity index (χ1) is 10.1. The molecule has 2 amide bonds. The van der Waals surface area contributed by atoms with Crippen molar-refractivity contribution < 1.29 is 14.6 Å². The molecule has 1 aliphatic heterocycles. The summed E-state index contributed by atoms with van der Waals surface area (Å²) in [6.07, 6.45) is 8.09. The predicted octanol–water partition coefficient (Wildman–Crippen LogP) is 2.19. The van der Waals surface area contributed by atoms with Gasteiger partial charge in [0.2, 0.25) is 0 Å². The van der Waals surface area contributed by atoms with Gasteiger partial charge in [0.1, 0.15) is 0 Å². The lowest BCUT2D eigenvalue weighted by Crippen LogP contribution is -2.50. The third-order valence-corrected chi connectivity index (χ3v) is 4.94. The average molecular weight is 298 g/mol. The van der Waals surface area contributed by atoms with Gasteiger partial charge in [-0.3, -0.25) is 0 Å². The Hall–Kier alpha value is -0.810. The number of hydrogen-bond acceptors (Lipinski definition) is 3. The lowest BCUT2D eigenvalue weighted by molar-refractivity contribution is 0.0272. The van der Waals surface area contributed by atoms with Gasteiger partial charge >= 0.3 is 6.03 Å². The van der Waals surface area contributed by atoms with E-state index in [-0.39, 0.29) is 12.1 Å². The van der Waals surface area contributed by atoms with Crippen LogP contribution in [0.4, 0.5) is 4.79 Å². The van der Waals surface area contributed by atoms with E-state index in [1.807, 2.05) is 0 Å². The van der Waals surface area contributed by atoms with Crippen LogP contribution in [0.15, 0.2) is 0 Å². The second kappa shape index (κ2) is 7.99. The maximum Gasteiger partial charge on any atom is 0.315 e. The molecule has 0 bridgehead atoms. The summed E-state index contributed by atoms with van der Waals surface area (Å²) in [5.74, 6) is 0.491. The van der Waals surface area contributed by atoms with Crippen LogP contribution in [0.25, 0.3) is 0 Å². The van der Waals surface area contributed by atoms with Crippen LogP contribution in [-0.2, 0) is 4.74 Å². The van der Waals surface area contributed by atoms with E-state index in [4.69, 9.17) is 4.74 Å². The molecule has 0 aromatic carbocycles. The van der Waals surface area contributed by atoms with E-state index in [2.05, 4.69) is 17.6 Å². The standard InChI is InChI=1S/C16H30N2O3/c1-13(14-6-10-21-11-7-14)18-15(19)17-12-16(20)8-4-2-3-5-9-16/h13-14,20H,2-12H2,1H3,(H2,17,18,19). The highest BCUT2D eigenvalue weighted by Crippen LogP contribution is 2.26. The molecule has 21 heavy (non-hydrogen) atoms. The fraction of sp³-hybridized carbons (Fsp3) is 0.938. The van der Waals surface area contributed by atoms with E-state index in [0.717, 1.165) is 51.7 Å². The lowest BCUT2D eigenvalue weighted by Gasteiger charge is -2.30. The average Bonchev–Trinajstić information content (AvgIpc) is 2.71. The molecule has 1 heterocycles. The molecule has 1 saturated carbocycles. The minimum atomic E-state index is -0.713. The minimum Gasteiger partial charge on any atom is -0.388 e. The normalized spacial score (nSPS) is 24.9. The Morgan fingerprint density at radius 2 is 1.86 bits per heavy atom. The molecule has 0 aromatic rings. The Morgan fingerprint density at radius 3 is 2.48 bits per heavy atom. The van der Waals surface area contributed by atoms with Crippen LogP contribution in [0.2, 0.25) is 0 Å². The SMILES string of the molecule is CC(NC(=O)NCC1(O)CCCCCC1)C1CCOCC1. The van der Waals surface area contributed by atoms with Gasteiger partial charge in [0, 0.05) is 25.8 Å². The molecule has 0 aromatic heterocycles. The quantitative estimate of drug-likeness (QED) is 0.697. The van der Waals surface area contributed by atoms with Crippen molar-refractivity contribution >= 4 is 6.03 Å². The Labute approximate surface area is 127 Å². The van der Waals surface area contributed by atoms with Crippen molar-refractivity contribution in [2.45, 2.75) is 69.9 Å². The van der Waals surface area contributed by atoms with Crippen molar-refractivity contribution in [2.75, 3.05) is 19.8 Å². The van der Waals surface area contributed by atoms with Crippen molar-refractivity contribution in [1.29, 1.82) is 0 Å². The molecule has 0 spiro atoms. The summed E-state index contributed by atoms with van der Waals surface area (Å²) in [6, 6.07) is -0.00987. The molecule has 1 aliphatic carbocycles. The molecule has 5 heteroatoms. The number of ether oxygens (including phenoxy) is 1. The Bertz CT molecular complexity index is 321. The number of carbonyl (C=O) groups excluding carboxylic acids is 1.